The Morgan fingerprint density at radius 3 is 2.00 bits per heavy atom. The molecule has 3 heterocycles. The van der Waals surface area contributed by atoms with Crippen molar-refractivity contribution in [1.29, 1.82) is 0 Å². The lowest BCUT2D eigenvalue weighted by Gasteiger charge is -2.28. The molecule has 1 unspecified atom stereocenters. The highest BCUT2D eigenvalue weighted by Crippen LogP contribution is 2.33. The predicted molar refractivity (Wildman–Crippen MR) is 140 cm³/mol. The van der Waals surface area contributed by atoms with E-state index in [1.807, 2.05) is 39.1 Å². The van der Waals surface area contributed by atoms with E-state index in [0.29, 0.717) is 11.9 Å². The van der Waals surface area contributed by atoms with Gasteiger partial charge in [0.25, 0.3) is 0 Å². The zero-order valence-corrected chi connectivity index (χ0v) is 20.8. The van der Waals surface area contributed by atoms with Crippen LogP contribution in [0.3, 0.4) is 0 Å². The number of imidazole rings is 2. The molecule has 2 aromatic heterocycles. The van der Waals surface area contributed by atoms with Gasteiger partial charge < -0.3 is 25.7 Å². The second-order valence-electron chi connectivity index (χ2n) is 10.4. The highest BCUT2D eigenvalue weighted by Gasteiger charge is 2.30. The molecule has 0 aliphatic carbocycles. The van der Waals surface area contributed by atoms with Gasteiger partial charge in [-0.3, -0.25) is 0 Å². The number of rotatable bonds is 6. The van der Waals surface area contributed by atoms with E-state index in [9.17, 15) is 9.90 Å². The first kappa shape index (κ1) is 23.8. The Kier molecular flexibility index (Phi) is 6.36. The Balaban J connectivity index is 1.30. The fourth-order valence-electron chi connectivity index (χ4n) is 4.71. The summed E-state index contributed by atoms with van der Waals surface area (Å²) in [5, 5.41) is 15.3. The van der Waals surface area contributed by atoms with E-state index in [4.69, 9.17) is 0 Å². The molecule has 0 bridgehead atoms. The third kappa shape index (κ3) is 5.04. The van der Waals surface area contributed by atoms with Crippen molar-refractivity contribution >= 4 is 6.09 Å². The molecule has 1 aliphatic heterocycles. The number of amides is 1. The summed E-state index contributed by atoms with van der Waals surface area (Å²) in [6.07, 6.45) is 4.91. The van der Waals surface area contributed by atoms with Crippen LogP contribution in [-0.2, 0) is 0 Å². The molecular weight excluding hydrogens is 452 g/mol. The summed E-state index contributed by atoms with van der Waals surface area (Å²) in [7, 11) is 0. The molecular formula is C28H32N6O2. The number of aromatic nitrogens is 4. The molecule has 5 rings (SSSR count). The highest BCUT2D eigenvalue weighted by atomic mass is 16.4. The number of hydrogen-bond donors (Lipinski definition) is 5. The Bertz CT molecular complexity index is 1330. The molecule has 1 saturated heterocycles. The van der Waals surface area contributed by atoms with Gasteiger partial charge in [0.2, 0.25) is 0 Å². The number of aromatic amines is 2. The Morgan fingerprint density at radius 2 is 1.47 bits per heavy atom. The minimum absolute atomic E-state index is 0.325. The SMILES string of the molecule is CC(C)(C)[C@H](NC(=O)O)c1ncc(-c2ccc(-c3ccc(-c4cnc(C5CCCN5)[nH]4)cc3)cc2)[nH]1. The fraction of sp³-hybridized carbons (Fsp3) is 0.321. The number of H-pyrrole nitrogens is 2. The monoisotopic (exact) mass is 484 g/mol. The zero-order valence-electron chi connectivity index (χ0n) is 20.8. The average molecular weight is 485 g/mol. The number of nitrogens with one attached hydrogen (secondary N) is 4. The van der Waals surface area contributed by atoms with Crippen LogP contribution in [0.15, 0.2) is 60.9 Å². The molecule has 0 spiro atoms. The van der Waals surface area contributed by atoms with Crippen molar-refractivity contribution in [2.75, 3.05) is 6.54 Å². The van der Waals surface area contributed by atoms with Crippen LogP contribution in [0.25, 0.3) is 33.6 Å². The number of nitrogens with zero attached hydrogens (tertiary/aromatic N) is 2. The molecule has 1 amide bonds. The number of carbonyl (C=O) groups is 1. The molecule has 8 nitrogen and oxygen atoms in total. The minimum atomic E-state index is -1.07. The summed E-state index contributed by atoms with van der Waals surface area (Å²) in [4.78, 5) is 27.1. The maximum Gasteiger partial charge on any atom is 0.405 e. The summed E-state index contributed by atoms with van der Waals surface area (Å²) in [6.45, 7) is 6.99. The summed E-state index contributed by atoms with van der Waals surface area (Å²) in [5.41, 5.74) is 5.90. The lowest BCUT2D eigenvalue weighted by atomic mass is 9.86. The first-order valence-electron chi connectivity index (χ1n) is 12.3. The molecule has 0 radical (unpaired) electrons. The first-order chi connectivity index (χ1) is 17.3. The first-order valence-corrected chi connectivity index (χ1v) is 12.3. The highest BCUT2D eigenvalue weighted by molar-refractivity contribution is 5.71. The lowest BCUT2D eigenvalue weighted by molar-refractivity contribution is 0.173. The largest absolute Gasteiger partial charge is 0.465 e. The standard InChI is InChI=1S/C28H32N6O2/c1-28(2,3)24(34-27(35)36)26-31-16-23(33-26)20-12-8-18(9-13-20)17-6-10-19(11-7-17)22-15-30-25(32-22)21-5-4-14-29-21/h6-13,15-16,21,24,29,34H,4-5,14H2,1-3H3,(H,30,32)(H,31,33)(H,35,36)/t21?,24-/m1/s1. The van der Waals surface area contributed by atoms with Crippen molar-refractivity contribution in [3.63, 3.8) is 0 Å². The van der Waals surface area contributed by atoms with Crippen molar-refractivity contribution in [2.24, 2.45) is 5.41 Å². The maximum absolute atomic E-state index is 11.3. The van der Waals surface area contributed by atoms with Gasteiger partial charge in [-0.15, -0.1) is 0 Å². The summed E-state index contributed by atoms with van der Waals surface area (Å²) >= 11 is 0. The number of benzene rings is 2. The van der Waals surface area contributed by atoms with Crippen molar-refractivity contribution < 1.29 is 9.90 Å². The Labute approximate surface area is 210 Å². The molecule has 0 saturated carbocycles. The average Bonchev–Trinajstić information content (AvgIpc) is 3.64. The molecule has 186 valence electrons. The van der Waals surface area contributed by atoms with Crippen molar-refractivity contribution in [2.45, 2.75) is 45.7 Å². The Morgan fingerprint density at radius 1 is 0.917 bits per heavy atom. The zero-order chi connectivity index (χ0) is 25.3. The van der Waals surface area contributed by atoms with E-state index in [1.54, 1.807) is 6.20 Å². The minimum Gasteiger partial charge on any atom is -0.465 e. The third-order valence-electron chi connectivity index (χ3n) is 6.71. The van der Waals surface area contributed by atoms with E-state index in [0.717, 1.165) is 52.4 Å². The molecule has 36 heavy (non-hydrogen) atoms. The van der Waals surface area contributed by atoms with Gasteiger partial charge in [0, 0.05) is 0 Å². The van der Waals surface area contributed by atoms with Crippen LogP contribution < -0.4 is 10.6 Å². The molecule has 1 fully saturated rings. The van der Waals surface area contributed by atoms with Gasteiger partial charge in [0.1, 0.15) is 11.6 Å². The second kappa shape index (κ2) is 9.62. The van der Waals surface area contributed by atoms with Gasteiger partial charge in [0.05, 0.1) is 35.9 Å². The molecule has 2 atom stereocenters. The summed E-state index contributed by atoms with van der Waals surface area (Å²) in [6, 6.07) is 16.6. The maximum atomic E-state index is 11.3. The van der Waals surface area contributed by atoms with Crippen LogP contribution in [0.5, 0.6) is 0 Å². The van der Waals surface area contributed by atoms with Gasteiger partial charge >= 0.3 is 6.09 Å². The quantitative estimate of drug-likeness (QED) is 0.233. The van der Waals surface area contributed by atoms with Crippen molar-refractivity contribution in [3.8, 4) is 33.6 Å². The predicted octanol–water partition coefficient (Wildman–Crippen LogP) is 5.91. The van der Waals surface area contributed by atoms with Crippen molar-refractivity contribution in [3.05, 3.63) is 72.6 Å². The van der Waals surface area contributed by atoms with E-state index in [2.05, 4.69) is 67.0 Å². The van der Waals surface area contributed by atoms with Crippen molar-refractivity contribution in [1.82, 2.24) is 30.6 Å². The van der Waals surface area contributed by atoms with E-state index in [-0.39, 0.29) is 5.41 Å². The van der Waals surface area contributed by atoms with Crippen LogP contribution in [0, 0.1) is 5.41 Å². The van der Waals surface area contributed by atoms with Crippen LogP contribution in [0.1, 0.15) is 57.3 Å². The van der Waals surface area contributed by atoms with Gasteiger partial charge in [-0.25, -0.2) is 14.8 Å². The fourth-order valence-corrected chi connectivity index (χ4v) is 4.71. The van der Waals surface area contributed by atoms with Crippen LogP contribution in [0.2, 0.25) is 0 Å². The lowest BCUT2D eigenvalue weighted by Crippen LogP contribution is -2.36. The number of carboxylic acid groups (broad SMARTS) is 1. The topological polar surface area (TPSA) is 119 Å². The van der Waals surface area contributed by atoms with E-state index < -0.39 is 12.1 Å². The third-order valence-corrected chi connectivity index (χ3v) is 6.71. The second-order valence-corrected chi connectivity index (χ2v) is 10.4. The smallest absolute Gasteiger partial charge is 0.405 e. The molecule has 8 heteroatoms. The molecule has 4 aromatic rings. The van der Waals surface area contributed by atoms with Gasteiger partial charge in [-0.05, 0) is 47.1 Å². The van der Waals surface area contributed by atoms with Gasteiger partial charge in [-0.1, -0.05) is 69.3 Å². The van der Waals surface area contributed by atoms with Crippen LogP contribution in [-0.4, -0.2) is 37.7 Å². The normalized spacial score (nSPS) is 16.7. The van der Waals surface area contributed by atoms with E-state index in [1.165, 1.54) is 6.42 Å². The van der Waals surface area contributed by atoms with Gasteiger partial charge in [0.15, 0.2) is 0 Å². The van der Waals surface area contributed by atoms with E-state index >= 15 is 0 Å². The molecule has 2 aromatic carbocycles. The number of hydrogen-bond acceptors (Lipinski definition) is 4. The molecule has 1 aliphatic rings. The van der Waals surface area contributed by atoms with Crippen LogP contribution in [0.4, 0.5) is 4.79 Å². The summed E-state index contributed by atoms with van der Waals surface area (Å²) < 4.78 is 0. The molecule has 5 N–H and O–H groups in total. The summed E-state index contributed by atoms with van der Waals surface area (Å²) in [5.74, 6) is 1.61. The van der Waals surface area contributed by atoms with Gasteiger partial charge in [-0.2, -0.15) is 0 Å². The Hall–Kier alpha value is -3.91. The van der Waals surface area contributed by atoms with Crippen LogP contribution >= 0.6 is 0 Å².